The molecule has 3 heterocycles. The van der Waals surface area contributed by atoms with Crippen LogP contribution < -0.4 is 5.32 Å². The zero-order valence-corrected chi connectivity index (χ0v) is 17.4. The van der Waals surface area contributed by atoms with Crippen LogP contribution in [0.4, 0.5) is 0 Å². The van der Waals surface area contributed by atoms with E-state index in [0.29, 0.717) is 18.5 Å². The molecule has 7 nitrogen and oxygen atoms in total. The van der Waals surface area contributed by atoms with Crippen LogP contribution in [0.15, 0.2) is 48.7 Å². The highest BCUT2D eigenvalue weighted by atomic mass is 16.2. The predicted octanol–water partition coefficient (Wildman–Crippen LogP) is 2.82. The third-order valence-corrected chi connectivity index (χ3v) is 6.01. The molecule has 156 valence electrons. The molecule has 0 spiro atoms. The number of fused-ring (bicyclic) bond motifs is 1. The Morgan fingerprint density at radius 1 is 1.03 bits per heavy atom. The van der Waals surface area contributed by atoms with Crippen molar-refractivity contribution in [3.63, 3.8) is 0 Å². The second kappa shape index (κ2) is 7.19. The van der Waals surface area contributed by atoms with Gasteiger partial charge >= 0.3 is 0 Å². The Hall–Kier alpha value is -3.74. The molecule has 0 radical (unpaired) electrons. The molecule has 1 atom stereocenters. The van der Waals surface area contributed by atoms with Gasteiger partial charge in [0.15, 0.2) is 0 Å². The summed E-state index contributed by atoms with van der Waals surface area (Å²) in [5.74, 6) is 0.0199. The number of nitrogens with one attached hydrogen (secondary N) is 1. The first-order valence-electron chi connectivity index (χ1n) is 10.3. The first kappa shape index (κ1) is 19.2. The van der Waals surface area contributed by atoms with Crippen molar-refractivity contribution in [3.8, 4) is 22.6 Å². The summed E-state index contributed by atoms with van der Waals surface area (Å²) in [6, 6.07) is 13.3. The van der Waals surface area contributed by atoms with Crippen molar-refractivity contribution in [3.05, 3.63) is 65.4 Å². The van der Waals surface area contributed by atoms with Gasteiger partial charge in [0.25, 0.3) is 5.91 Å². The lowest BCUT2D eigenvalue weighted by atomic mass is 10.0. The van der Waals surface area contributed by atoms with Crippen LogP contribution in [0.2, 0.25) is 0 Å². The zero-order chi connectivity index (χ0) is 21.7. The van der Waals surface area contributed by atoms with Crippen LogP contribution in [0.5, 0.6) is 0 Å². The van der Waals surface area contributed by atoms with E-state index in [4.69, 9.17) is 4.98 Å². The van der Waals surface area contributed by atoms with Crippen molar-refractivity contribution in [1.82, 2.24) is 19.8 Å². The summed E-state index contributed by atoms with van der Waals surface area (Å²) in [6.07, 6.45) is 2.58. The molecule has 0 bridgehead atoms. The normalized spacial score (nSPS) is 18.3. The van der Waals surface area contributed by atoms with Crippen LogP contribution in [-0.2, 0) is 23.2 Å². The maximum absolute atomic E-state index is 12.9. The van der Waals surface area contributed by atoms with E-state index in [9.17, 15) is 14.4 Å². The van der Waals surface area contributed by atoms with Crippen LogP contribution >= 0.6 is 0 Å². The van der Waals surface area contributed by atoms with E-state index < -0.39 is 11.9 Å². The SMILES string of the molecule is Cc1ccc(-c2nc(-c3ccc4c(c3)CN(C3CCC(=O)NC3=O)C4=O)cn2C)cc1. The lowest BCUT2D eigenvalue weighted by Gasteiger charge is -2.29. The summed E-state index contributed by atoms with van der Waals surface area (Å²) in [5.41, 5.74) is 5.46. The molecule has 31 heavy (non-hydrogen) atoms. The number of imidazole rings is 1. The Balaban J connectivity index is 1.43. The van der Waals surface area contributed by atoms with Crippen LogP contribution in [0.25, 0.3) is 22.6 Å². The van der Waals surface area contributed by atoms with Crippen molar-refractivity contribution < 1.29 is 14.4 Å². The summed E-state index contributed by atoms with van der Waals surface area (Å²) in [7, 11) is 1.97. The molecular formula is C24H22N4O3. The van der Waals surface area contributed by atoms with E-state index in [-0.39, 0.29) is 18.2 Å². The molecule has 2 aliphatic heterocycles. The number of piperidine rings is 1. The number of aryl methyl sites for hydroxylation is 2. The number of carbonyl (C=O) groups excluding carboxylic acids is 3. The standard InChI is InChI=1S/C24H22N4O3/c1-14-3-5-15(6-4-14)22-25-19(13-27(22)2)16-7-8-18-17(11-16)12-28(24(18)31)20-9-10-21(29)26-23(20)30/h3-8,11,13,20H,9-10,12H2,1-2H3,(H,26,29,30). The number of nitrogens with zero attached hydrogens (tertiary/aromatic N) is 3. The number of aromatic nitrogens is 2. The number of hydrogen-bond acceptors (Lipinski definition) is 4. The van der Waals surface area contributed by atoms with Gasteiger partial charge < -0.3 is 9.47 Å². The fourth-order valence-corrected chi connectivity index (χ4v) is 4.31. The minimum Gasteiger partial charge on any atom is -0.333 e. The van der Waals surface area contributed by atoms with Gasteiger partial charge in [0.1, 0.15) is 11.9 Å². The molecule has 3 aromatic rings. The zero-order valence-electron chi connectivity index (χ0n) is 17.4. The number of benzene rings is 2. The summed E-state index contributed by atoms with van der Waals surface area (Å²) in [5, 5.41) is 2.33. The molecule has 2 aromatic carbocycles. The summed E-state index contributed by atoms with van der Waals surface area (Å²) in [4.78, 5) is 42.9. The second-order valence-electron chi connectivity index (χ2n) is 8.20. The van der Waals surface area contributed by atoms with Gasteiger partial charge in [-0.1, -0.05) is 35.9 Å². The predicted molar refractivity (Wildman–Crippen MR) is 115 cm³/mol. The van der Waals surface area contributed by atoms with E-state index in [1.165, 1.54) is 5.56 Å². The average molecular weight is 414 g/mol. The van der Waals surface area contributed by atoms with Gasteiger partial charge in [-0.05, 0) is 31.0 Å². The molecule has 0 saturated carbocycles. The smallest absolute Gasteiger partial charge is 0.255 e. The van der Waals surface area contributed by atoms with Crippen LogP contribution in [0.1, 0.15) is 34.3 Å². The third kappa shape index (κ3) is 3.32. The van der Waals surface area contributed by atoms with E-state index in [1.54, 1.807) is 11.0 Å². The molecule has 2 aliphatic rings. The number of amides is 3. The topological polar surface area (TPSA) is 84.3 Å². The van der Waals surface area contributed by atoms with Gasteiger partial charge in [-0.15, -0.1) is 0 Å². The van der Waals surface area contributed by atoms with Gasteiger partial charge in [-0.25, -0.2) is 4.98 Å². The molecular weight excluding hydrogens is 392 g/mol. The Labute approximate surface area is 179 Å². The van der Waals surface area contributed by atoms with Gasteiger partial charge in [-0.2, -0.15) is 0 Å². The lowest BCUT2D eigenvalue weighted by molar-refractivity contribution is -0.136. The van der Waals surface area contributed by atoms with Crippen LogP contribution in [0, 0.1) is 6.92 Å². The molecule has 1 aromatic heterocycles. The van der Waals surface area contributed by atoms with Crippen LogP contribution in [0.3, 0.4) is 0 Å². The number of imide groups is 1. The lowest BCUT2D eigenvalue weighted by Crippen LogP contribution is -2.52. The number of hydrogen-bond donors (Lipinski definition) is 1. The fourth-order valence-electron chi connectivity index (χ4n) is 4.31. The molecule has 1 N–H and O–H groups in total. The fraction of sp³-hybridized carbons (Fsp3) is 0.250. The van der Waals surface area contributed by atoms with Crippen molar-refractivity contribution >= 4 is 17.7 Å². The summed E-state index contributed by atoms with van der Waals surface area (Å²) >= 11 is 0. The van der Waals surface area contributed by atoms with Crippen molar-refractivity contribution in [2.75, 3.05) is 0 Å². The van der Waals surface area contributed by atoms with Crippen molar-refractivity contribution in [2.45, 2.75) is 32.4 Å². The Kier molecular flexibility index (Phi) is 4.46. The minimum atomic E-state index is -0.607. The Morgan fingerprint density at radius 3 is 2.52 bits per heavy atom. The van der Waals surface area contributed by atoms with Gasteiger partial charge in [0.2, 0.25) is 11.8 Å². The number of rotatable bonds is 3. The van der Waals surface area contributed by atoms with E-state index in [2.05, 4.69) is 36.5 Å². The molecule has 7 heteroatoms. The van der Waals surface area contributed by atoms with Crippen molar-refractivity contribution in [1.29, 1.82) is 0 Å². The molecule has 5 rings (SSSR count). The van der Waals surface area contributed by atoms with Gasteiger partial charge in [0, 0.05) is 42.9 Å². The average Bonchev–Trinajstić information content (AvgIpc) is 3.29. The first-order valence-corrected chi connectivity index (χ1v) is 10.3. The minimum absolute atomic E-state index is 0.169. The van der Waals surface area contributed by atoms with Crippen LogP contribution in [-0.4, -0.2) is 38.2 Å². The monoisotopic (exact) mass is 414 g/mol. The maximum atomic E-state index is 12.9. The summed E-state index contributed by atoms with van der Waals surface area (Å²) in [6.45, 7) is 2.41. The van der Waals surface area contributed by atoms with Gasteiger partial charge in [-0.3, -0.25) is 19.7 Å². The molecule has 1 fully saturated rings. The van der Waals surface area contributed by atoms with Crippen molar-refractivity contribution in [2.24, 2.45) is 7.05 Å². The third-order valence-electron chi connectivity index (χ3n) is 6.01. The molecule has 0 aliphatic carbocycles. The highest BCUT2D eigenvalue weighted by Gasteiger charge is 2.39. The molecule has 1 saturated heterocycles. The quantitative estimate of drug-likeness (QED) is 0.668. The highest BCUT2D eigenvalue weighted by Crippen LogP contribution is 2.32. The Bertz CT molecular complexity index is 1230. The van der Waals surface area contributed by atoms with Gasteiger partial charge in [0.05, 0.1) is 5.69 Å². The Morgan fingerprint density at radius 2 is 1.77 bits per heavy atom. The molecule has 3 amide bonds. The highest BCUT2D eigenvalue weighted by molar-refractivity contribution is 6.05. The summed E-state index contributed by atoms with van der Waals surface area (Å²) < 4.78 is 1.99. The second-order valence-corrected chi connectivity index (χ2v) is 8.20. The van der Waals surface area contributed by atoms with E-state index in [1.807, 2.05) is 29.9 Å². The first-order chi connectivity index (χ1) is 14.9. The largest absolute Gasteiger partial charge is 0.333 e. The maximum Gasteiger partial charge on any atom is 0.255 e. The van der Waals surface area contributed by atoms with E-state index in [0.717, 1.165) is 28.2 Å². The molecule has 1 unspecified atom stereocenters. The van der Waals surface area contributed by atoms with E-state index >= 15 is 0 Å². The number of carbonyl (C=O) groups is 3.